The van der Waals surface area contributed by atoms with Crippen molar-refractivity contribution in [2.24, 2.45) is 0 Å². The molecule has 0 aliphatic carbocycles. The minimum atomic E-state index is -4.48. The number of carbonyl (C=O) groups is 2. The number of rotatable bonds is 5. The van der Waals surface area contributed by atoms with Gasteiger partial charge in [-0.25, -0.2) is 0 Å². The Labute approximate surface area is 161 Å². The standard InChI is InChI=1S/C21H21F3N2O2/c1-20(19(28)25-14-21(22,23)24)11-12-26(20)18(27)13-15-7-9-17(10-8-15)16-5-3-2-4-6-16/h2-10H,11-14H2,1H3,(H,25,28). The van der Waals surface area contributed by atoms with E-state index in [-0.39, 0.29) is 12.3 Å². The quantitative estimate of drug-likeness (QED) is 0.849. The number of hydrogen-bond donors (Lipinski definition) is 1. The maximum absolute atomic E-state index is 12.6. The summed E-state index contributed by atoms with van der Waals surface area (Å²) in [6, 6.07) is 17.3. The lowest BCUT2D eigenvalue weighted by atomic mass is 9.85. The summed E-state index contributed by atoms with van der Waals surface area (Å²) in [5.74, 6) is -1.05. The first-order valence-electron chi connectivity index (χ1n) is 8.99. The Bertz CT molecular complexity index is 850. The summed E-state index contributed by atoms with van der Waals surface area (Å²) in [7, 11) is 0. The molecule has 3 rings (SSSR count). The Morgan fingerprint density at radius 2 is 1.64 bits per heavy atom. The first-order chi connectivity index (χ1) is 13.2. The van der Waals surface area contributed by atoms with E-state index in [9.17, 15) is 22.8 Å². The highest BCUT2D eigenvalue weighted by molar-refractivity contribution is 5.93. The molecule has 0 saturated carbocycles. The molecule has 0 bridgehead atoms. The molecule has 28 heavy (non-hydrogen) atoms. The van der Waals surface area contributed by atoms with Gasteiger partial charge in [-0.1, -0.05) is 54.6 Å². The van der Waals surface area contributed by atoms with E-state index in [1.807, 2.05) is 59.9 Å². The van der Waals surface area contributed by atoms with Gasteiger partial charge in [-0.3, -0.25) is 9.59 Å². The van der Waals surface area contributed by atoms with Crippen LogP contribution in [0.5, 0.6) is 0 Å². The molecule has 1 saturated heterocycles. The van der Waals surface area contributed by atoms with Crippen LogP contribution in [0.1, 0.15) is 18.9 Å². The number of benzene rings is 2. The van der Waals surface area contributed by atoms with Gasteiger partial charge in [-0.2, -0.15) is 13.2 Å². The van der Waals surface area contributed by atoms with Gasteiger partial charge in [0.15, 0.2) is 0 Å². The molecule has 1 N–H and O–H groups in total. The second-order valence-corrected chi connectivity index (χ2v) is 7.11. The van der Waals surface area contributed by atoms with E-state index < -0.39 is 24.2 Å². The zero-order chi connectivity index (χ0) is 20.4. The van der Waals surface area contributed by atoms with Crippen LogP contribution in [0.15, 0.2) is 54.6 Å². The molecule has 148 valence electrons. The number of nitrogens with zero attached hydrogens (tertiary/aromatic N) is 1. The number of halogens is 3. The van der Waals surface area contributed by atoms with Gasteiger partial charge >= 0.3 is 6.18 Å². The van der Waals surface area contributed by atoms with Crippen LogP contribution >= 0.6 is 0 Å². The van der Waals surface area contributed by atoms with E-state index in [4.69, 9.17) is 0 Å². The molecule has 1 fully saturated rings. The zero-order valence-corrected chi connectivity index (χ0v) is 15.4. The van der Waals surface area contributed by atoms with Crippen LogP contribution in [-0.2, 0) is 16.0 Å². The maximum atomic E-state index is 12.6. The lowest BCUT2D eigenvalue weighted by Gasteiger charge is -2.49. The molecule has 1 heterocycles. The van der Waals surface area contributed by atoms with Gasteiger partial charge in [0.25, 0.3) is 0 Å². The van der Waals surface area contributed by atoms with Crippen molar-refractivity contribution in [1.29, 1.82) is 0 Å². The molecular formula is C21H21F3N2O2. The Hall–Kier alpha value is -2.83. The number of likely N-dealkylation sites (tertiary alicyclic amines) is 1. The predicted octanol–water partition coefficient (Wildman–Crippen LogP) is 3.57. The van der Waals surface area contributed by atoms with Crippen molar-refractivity contribution in [1.82, 2.24) is 10.2 Å². The lowest BCUT2D eigenvalue weighted by molar-refractivity contribution is -0.161. The molecule has 2 amide bonds. The number of alkyl halides is 3. The summed E-state index contributed by atoms with van der Waals surface area (Å²) in [6.07, 6.45) is -4.04. The molecule has 0 radical (unpaired) electrons. The Kier molecular flexibility index (Phi) is 5.45. The van der Waals surface area contributed by atoms with Crippen molar-refractivity contribution in [3.63, 3.8) is 0 Å². The summed E-state index contributed by atoms with van der Waals surface area (Å²) >= 11 is 0. The van der Waals surface area contributed by atoms with E-state index in [1.165, 1.54) is 11.8 Å². The molecule has 7 heteroatoms. The maximum Gasteiger partial charge on any atom is 0.405 e. The summed E-state index contributed by atoms with van der Waals surface area (Å²) in [4.78, 5) is 26.1. The highest BCUT2D eigenvalue weighted by Crippen LogP contribution is 2.31. The third kappa shape index (κ3) is 4.35. The van der Waals surface area contributed by atoms with Crippen LogP contribution in [-0.4, -0.2) is 41.5 Å². The number of nitrogens with one attached hydrogen (secondary N) is 1. The minimum Gasteiger partial charge on any atom is -0.345 e. The Morgan fingerprint density at radius 3 is 2.18 bits per heavy atom. The largest absolute Gasteiger partial charge is 0.405 e. The second kappa shape index (κ2) is 7.66. The normalized spacial score (nSPS) is 19.1. The first-order valence-corrected chi connectivity index (χ1v) is 8.99. The number of carbonyl (C=O) groups excluding carboxylic acids is 2. The highest BCUT2D eigenvalue weighted by Gasteiger charge is 2.49. The third-order valence-corrected chi connectivity index (χ3v) is 5.07. The van der Waals surface area contributed by atoms with Crippen molar-refractivity contribution in [2.75, 3.05) is 13.1 Å². The summed E-state index contributed by atoms with van der Waals surface area (Å²) in [6.45, 7) is 0.458. The smallest absolute Gasteiger partial charge is 0.345 e. The van der Waals surface area contributed by atoms with Crippen molar-refractivity contribution in [3.05, 3.63) is 60.2 Å². The average Bonchev–Trinajstić information content (AvgIpc) is 2.65. The van der Waals surface area contributed by atoms with E-state index in [2.05, 4.69) is 0 Å². The topological polar surface area (TPSA) is 49.4 Å². The van der Waals surface area contributed by atoms with E-state index in [1.54, 1.807) is 0 Å². The molecule has 1 unspecified atom stereocenters. The van der Waals surface area contributed by atoms with Gasteiger partial charge < -0.3 is 10.2 Å². The highest BCUT2D eigenvalue weighted by atomic mass is 19.4. The molecule has 2 aromatic rings. The molecular weight excluding hydrogens is 369 g/mol. The monoisotopic (exact) mass is 390 g/mol. The SMILES string of the molecule is CC1(C(=O)NCC(F)(F)F)CCN1C(=O)Cc1ccc(-c2ccccc2)cc1. The fraction of sp³-hybridized carbons (Fsp3) is 0.333. The number of hydrogen-bond acceptors (Lipinski definition) is 2. The van der Waals surface area contributed by atoms with Crippen LogP contribution in [0.2, 0.25) is 0 Å². The Balaban J connectivity index is 1.62. The first kappa shape index (κ1) is 19.9. The summed E-state index contributed by atoms with van der Waals surface area (Å²) in [5.41, 5.74) is 1.65. The van der Waals surface area contributed by atoms with E-state index in [0.29, 0.717) is 13.0 Å². The fourth-order valence-corrected chi connectivity index (χ4v) is 3.28. The van der Waals surface area contributed by atoms with Gasteiger partial charge in [-0.05, 0) is 30.0 Å². The molecule has 1 aliphatic heterocycles. The molecule has 0 spiro atoms. The molecule has 1 aliphatic rings. The van der Waals surface area contributed by atoms with Crippen LogP contribution in [0, 0.1) is 0 Å². The van der Waals surface area contributed by atoms with E-state index >= 15 is 0 Å². The van der Waals surface area contributed by atoms with Gasteiger partial charge in [0.1, 0.15) is 12.1 Å². The summed E-state index contributed by atoms with van der Waals surface area (Å²) < 4.78 is 37.0. The van der Waals surface area contributed by atoms with Crippen LogP contribution < -0.4 is 5.32 Å². The van der Waals surface area contributed by atoms with Gasteiger partial charge in [-0.15, -0.1) is 0 Å². The van der Waals surface area contributed by atoms with Crippen LogP contribution in [0.25, 0.3) is 11.1 Å². The molecule has 0 aromatic heterocycles. The van der Waals surface area contributed by atoms with Crippen LogP contribution in [0.3, 0.4) is 0 Å². The predicted molar refractivity (Wildman–Crippen MR) is 99.4 cm³/mol. The average molecular weight is 390 g/mol. The lowest BCUT2D eigenvalue weighted by Crippen LogP contribution is -2.68. The fourth-order valence-electron chi connectivity index (χ4n) is 3.28. The second-order valence-electron chi connectivity index (χ2n) is 7.11. The molecule has 4 nitrogen and oxygen atoms in total. The van der Waals surface area contributed by atoms with Gasteiger partial charge in [0.2, 0.25) is 11.8 Å². The zero-order valence-electron chi connectivity index (χ0n) is 15.4. The third-order valence-electron chi connectivity index (χ3n) is 5.07. The van der Waals surface area contributed by atoms with E-state index in [0.717, 1.165) is 16.7 Å². The van der Waals surface area contributed by atoms with Gasteiger partial charge in [0, 0.05) is 6.54 Å². The van der Waals surface area contributed by atoms with Crippen molar-refractivity contribution in [2.45, 2.75) is 31.5 Å². The van der Waals surface area contributed by atoms with Crippen molar-refractivity contribution in [3.8, 4) is 11.1 Å². The van der Waals surface area contributed by atoms with Gasteiger partial charge in [0.05, 0.1) is 6.42 Å². The Morgan fingerprint density at radius 1 is 1.04 bits per heavy atom. The summed E-state index contributed by atoms with van der Waals surface area (Å²) in [5, 5.41) is 1.88. The molecule has 1 atom stereocenters. The molecule has 2 aromatic carbocycles. The van der Waals surface area contributed by atoms with Crippen molar-refractivity contribution < 1.29 is 22.8 Å². The van der Waals surface area contributed by atoms with Crippen molar-refractivity contribution >= 4 is 11.8 Å². The van der Waals surface area contributed by atoms with Crippen LogP contribution in [0.4, 0.5) is 13.2 Å². The minimum absolute atomic E-state index is 0.0945. The number of amides is 2.